The van der Waals surface area contributed by atoms with Crippen LogP contribution in [0.3, 0.4) is 0 Å². The SMILES string of the molecule is CCCCCCCC(=O)c1cccc2c1Cc1ccccc1-2. The molecule has 0 aliphatic heterocycles. The zero-order chi connectivity index (χ0) is 15.4. The molecule has 0 saturated carbocycles. The number of hydrogen-bond acceptors (Lipinski definition) is 1. The van der Waals surface area contributed by atoms with Gasteiger partial charge in [-0.25, -0.2) is 0 Å². The molecule has 0 spiro atoms. The zero-order valence-electron chi connectivity index (χ0n) is 13.4. The van der Waals surface area contributed by atoms with Crippen LogP contribution in [0.1, 0.15) is 66.9 Å². The highest BCUT2D eigenvalue weighted by Crippen LogP contribution is 2.38. The van der Waals surface area contributed by atoms with Gasteiger partial charge in [-0.3, -0.25) is 4.79 Å². The molecule has 0 amide bonds. The van der Waals surface area contributed by atoms with Gasteiger partial charge in [-0.05, 0) is 35.1 Å². The van der Waals surface area contributed by atoms with Crippen LogP contribution in [0.25, 0.3) is 11.1 Å². The summed E-state index contributed by atoms with van der Waals surface area (Å²) in [5.41, 5.74) is 6.09. The topological polar surface area (TPSA) is 17.1 Å². The van der Waals surface area contributed by atoms with Crippen LogP contribution in [0, 0.1) is 0 Å². The van der Waals surface area contributed by atoms with Gasteiger partial charge in [0.1, 0.15) is 0 Å². The predicted molar refractivity (Wildman–Crippen MR) is 92.4 cm³/mol. The van der Waals surface area contributed by atoms with Crippen LogP contribution >= 0.6 is 0 Å². The Labute approximate surface area is 133 Å². The zero-order valence-corrected chi connectivity index (χ0v) is 13.4. The quantitative estimate of drug-likeness (QED) is 0.397. The number of ketones is 1. The van der Waals surface area contributed by atoms with Crippen LogP contribution in [0.4, 0.5) is 0 Å². The second-order valence-corrected chi connectivity index (χ2v) is 6.25. The average molecular weight is 292 g/mol. The van der Waals surface area contributed by atoms with Gasteiger partial charge >= 0.3 is 0 Å². The fraction of sp³-hybridized carbons (Fsp3) is 0.381. The van der Waals surface area contributed by atoms with Crippen molar-refractivity contribution in [3.8, 4) is 11.1 Å². The van der Waals surface area contributed by atoms with Gasteiger partial charge < -0.3 is 0 Å². The van der Waals surface area contributed by atoms with E-state index >= 15 is 0 Å². The summed E-state index contributed by atoms with van der Waals surface area (Å²) in [5.74, 6) is 0.321. The first-order valence-corrected chi connectivity index (χ1v) is 8.54. The van der Waals surface area contributed by atoms with Crippen molar-refractivity contribution in [2.75, 3.05) is 0 Å². The van der Waals surface area contributed by atoms with Gasteiger partial charge in [0, 0.05) is 12.0 Å². The maximum absolute atomic E-state index is 12.6. The van der Waals surface area contributed by atoms with Gasteiger partial charge in [0.05, 0.1) is 0 Å². The summed E-state index contributed by atoms with van der Waals surface area (Å²) in [6.07, 6.45) is 7.58. The molecule has 2 aromatic carbocycles. The van der Waals surface area contributed by atoms with Crippen molar-refractivity contribution in [1.29, 1.82) is 0 Å². The summed E-state index contributed by atoms with van der Waals surface area (Å²) < 4.78 is 0. The minimum absolute atomic E-state index is 0.321. The molecule has 0 bridgehead atoms. The summed E-state index contributed by atoms with van der Waals surface area (Å²) in [4.78, 5) is 12.6. The molecule has 1 heteroatoms. The number of rotatable bonds is 7. The first kappa shape index (κ1) is 15.0. The van der Waals surface area contributed by atoms with E-state index in [1.165, 1.54) is 47.9 Å². The molecule has 0 saturated heterocycles. The molecule has 2 aromatic rings. The molecule has 0 N–H and O–H groups in total. The smallest absolute Gasteiger partial charge is 0.163 e. The van der Waals surface area contributed by atoms with E-state index in [2.05, 4.69) is 37.3 Å². The molecule has 22 heavy (non-hydrogen) atoms. The van der Waals surface area contributed by atoms with E-state index in [1.807, 2.05) is 12.1 Å². The van der Waals surface area contributed by atoms with Crippen molar-refractivity contribution in [2.24, 2.45) is 0 Å². The maximum atomic E-state index is 12.6. The average Bonchev–Trinajstić information content (AvgIpc) is 2.93. The molecular weight excluding hydrogens is 268 g/mol. The van der Waals surface area contributed by atoms with Gasteiger partial charge in [0.2, 0.25) is 0 Å². The van der Waals surface area contributed by atoms with Gasteiger partial charge in [-0.2, -0.15) is 0 Å². The number of Topliss-reactive ketones (excluding diaryl/α,β-unsaturated/α-hetero) is 1. The highest BCUT2D eigenvalue weighted by atomic mass is 16.1. The molecule has 1 nitrogen and oxygen atoms in total. The Morgan fingerprint density at radius 1 is 0.909 bits per heavy atom. The molecule has 3 rings (SSSR count). The number of carbonyl (C=O) groups excluding carboxylic acids is 1. The van der Waals surface area contributed by atoms with E-state index in [-0.39, 0.29) is 0 Å². The Morgan fingerprint density at radius 3 is 2.55 bits per heavy atom. The lowest BCUT2D eigenvalue weighted by Crippen LogP contribution is -2.03. The second kappa shape index (κ2) is 6.91. The fourth-order valence-corrected chi connectivity index (χ4v) is 3.44. The Morgan fingerprint density at radius 2 is 1.68 bits per heavy atom. The highest BCUT2D eigenvalue weighted by Gasteiger charge is 2.22. The molecule has 114 valence electrons. The van der Waals surface area contributed by atoms with E-state index in [1.54, 1.807) is 0 Å². The molecule has 0 aromatic heterocycles. The third-order valence-corrected chi connectivity index (χ3v) is 4.66. The van der Waals surface area contributed by atoms with Crippen molar-refractivity contribution in [1.82, 2.24) is 0 Å². The van der Waals surface area contributed by atoms with Crippen LogP contribution in [0.2, 0.25) is 0 Å². The maximum Gasteiger partial charge on any atom is 0.163 e. The van der Waals surface area contributed by atoms with Crippen molar-refractivity contribution < 1.29 is 4.79 Å². The molecular formula is C21H24O. The van der Waals surface area contributed by atoms with E-state index in [9.17, 15) is 4.79 Å². The van der Waals surface area contributed by atoms with Crippen LogP contribution < -0.4 is 0 Å². The third-order valence-electron chi connectivity index (χ3n) is 4.66. The van der Waals surface area contributed by atoms with E-state index in [0.717, 1.165) is 18.4 Å². The first-order chi connectivity index (χ1) is 10.8. The van der Waals surface area contributed by atoms with Gasteiger partial charge in [-0.1, -0.05) is 75.1 Å². The molecule has 0 radical (unpaired) electrons. The van der Waals surface area contributed by atoms with Crippen LogP contribution in [-0.4, -0.2) is 5.78 Å². The number of hydrogen-bond donors (Lipinski definition) is 0. The minimum Gasteiger partial charge on any atom is -0.294 e. The van der Waals surface area contributed by atoms with Gasteiger partial charge in [-0.15, -0.1) is 0 Å². The number of carbonyl (C=O) groups is 1. The molecule has 0 fully saturated rings. The Balaban J connectivity index is 1.73. The molecule has 1 aliphatic rings. The first-order valence-electron chi connectivity index (χ1n) is 8.54. The predicted octanol–water partition coefficient (Wildman–Crippen LogP) is 5.80. The highest BCUT2D eigenvalue weighted by molar-refractivity contribution is 6.00. The largest absolute Gasteiger partial charge is 0.294 e. The Kier molecular flexibility index (Phi) is 4.72. The van der Waals surface area contributed by atoms with Crippen molar-refractivity contribution >= 4 is 5.78 Å². The fourth-order valence-electron chi connectivity index (χ4n) is 3.44. The summed E-state index contributed by atoms with van der Waals surface area (Å²) in [6, 6.07) is 14.7. The number of fused-ring (bicyclic) bond motifs is 3. The summed E-state index contributed by atoms with van der Waals surface area (Å²) >= 11 is 0. The number of unbranched alkanes of at least 4 members (excludes halogenated alkanes) is 4. The third kappa shape index (κ3) is 2.99. The van der Waals surface area contributed by atoms with Gasteiger partial charge in [0.25, 0.3) is 0 Å². The Hall–Kier alpha value is -1.89. The molecule has 1 aliphatic carbocycles. The van der Waals surface area contributed by atoms with Crippen LogP contribution in [-0.2, 0) is 6.42 Å². The summed E-state index contributed by atoms with van der Waals surface area (Å²) in [5, 5.41) is 0. The second-order valence-electron chi connectivity index (χ2n) is 6.25. The molecule has 0 unspecified atom stereocenters. The standard InChI is InChI=1S/C21H24O/c1-2-3-4-5-6-14-21(22)19-13-9-12-18-17-11-8-7-10-16(17)15-20(18)19/h7-13H,2-6,14-15H2,1H3. The van der Waals surface area contributed by atoms with Crippen molar-refractivity contribution in [3.05, 3.63) is 59.2 Å². The molecule has 0 heterocycles. The normalized spacial score (nSPS) is 12.0. The van der Waals surface area contributed by atoms with Crippen molar-refractivity contribution in [2.45, 2.75) is 51.9 Å². The number of benzene rings is 2. The molecule has 0 atom stereocenters. The Bertz CT molecular complexity index is 669. The lowest BCUT2D eigenvalue weighted by atomic mass is 9.96. The summed E-state index contributed by atoms with van der Waals surface area (Å²) in [7, 11) is 0. The van der Waals surface area contributed by atoms with Crippen LogP contribution in [0.5, 0.6) is 0 Å². The lowest BCUT2D eigenvalue weighted by Gasteiger charge is -2.08. The van der Waals surface area contributed by atoms with E-state index < -0.39 is 0 Å². The van der Waals surface area contributed by atoms with Crippen molar-refractivity contribution in [3.63, 3.8) is 0 Å². The summed E-state index contributed by atoms with van der Waals surface area (Å²) in [6.45, 7) is 2.22. The lowest BCUT2D eigenvalue weighted by molar-refractivity contribution is 0.0978. The van der Waals surface area contributed by atoms with E-state index in [4.69, 9.17) is 0 Å². The minimum atomic E-state index is 0.321. The monoisotopic (exact) mass is 292 g/mol. The van der Waals surface area contributed by atoms with Crippen LogP contribution in [0.15, 0.2) is 42.5 Å². The van der Waals surface area contributed by atoms with E-state index in [0.29, 0.717) is 12.2 Å². The van der Waals surface area contributed by atoms with Gasteiger partial charge in [0.15, 0.2) is 5.78 Å².